The molecule has 0 aromatic carbocycles. The van der Waals surface area contributed by atoms with Gasteiger partial charge in [-0.15, -0.1) is 0 Å². The monoisotopic (exact) mass is 347 g/mol. The fourth-order valence-electron chi connectivity index (χ4n) is 4.02. The maximum atomic E-state index is 12.5. The van der Waals surface area contributed by atoms with Crippen LogP contribution in [0.3, 0.4) is 0 Å². The van der Waals surface area contributed by atoms with E-state index in [1.165, 1.54) is 4.57 Å². The highest BCUT2D eigenvalue weighted by Gasteiger charge is 2.58. The van der Waals surface area contributed by atoms with Crippen LogP contribution in [0.1, 0.15) is 25.0 Å². The SMILES string of the molecule is O=c1c(=O)n(C23CC(C2)C3)ccn1Cc1ccc(-c2cccnc2)nn1. The first-order valence-corrected chi connectivity index (χ1v) is 8.70. The first-order chi connectivity index (χ1) is 12.6. The third-order valence-corrected chi connectivity index (χ3v) is 5.58. The van der Waals surface area contributed by atoms with Gasteiger partial charge in [0.25, 0.3) is 0 Å². The summed E-state index contributed by atoms with van der Waals surface area (Å²) in [6, 6.07) is 7.40. The second-order valence-corrected chi connectivity index (χ2v) is 7.26. The van der Waals surface area contributed by atoms with Crippen molar-refractivity contribution in [3.05, 3.63) is 75.5 Å². The fraction of sp³-hybridized carbons (Fsp3) is 0.316. The van der Waals surface area contributed by atoms with Crippen molar-refractivity contribution in [3.8, 4) is 11.3 Å². The van der Waals surface area contributed by atoms with E-state index in [4.69, 9.17) is 0 Å². The van der Waals surface area contributed by atoms with Gasteiger partial charge in [-0.1, -0.05) is 0 Å². The minimum atomic E-state index is -0.504. The molecular weight excluding hydrogens is 330 g/mol. The van der Waals surface area contributed by atoms with Crippen molar-refractivity contribution >= 4 is 0 Å². The summed E-state index contributed by atoms with van der Waals surface area (Å²) >= 11 is 0. The van der Waals surface area contributed by atoms with Crippen LogP contribution in [0.4, 0.5) is 0 Å². The molecule has 0 atom stereocenters. The topological polar surface area (TPSA) is 82.7 Å². The Labute approximate surface area is 149 Å². The number of hydrogen-bond donors (Lipinski definition) is 0. The minimum absolute atomic E-state index is 0.0782. The smallest absolute Gasteiger partial charge is 0.303 e. The predicted octanol–water partition coefficient (Wildman–Crippen LogP) is 1.42. The van der Waals surface area contributed by atoms with E-state index in [1.807, 2.05) is 24.3 Å². The maximum absolute atomic E-state index is 12.5. The van der Waals surface area contributed by atoms with Crippen LogP contribution in [0, 0.1) is 5.92 Å². The van der Waals surface area contributed by atoms with E-state index in [9.17, 15) is 9.59 Å². The molecule has 3 fully saturated rings. The normalized spacial score (nSPS) is 23.2. The summed E-state index contributed by atoms with van der Waals surface area (Å²) in [5, 5.41) is 8.38. The zero-order chi connectivity index (χ0) is 17.7. The summed E-state index contributed by atoms with van der Waals surface area (Å²) in [6.07, 6.45) is 9.93. The standard InChI is InChI=1S/C19H17N5O2/c25-17-18(26)24(19-8-13(9-19)10-19)7-6-23(17)12-15-3-4-16(22-21-15)14-2-1-5-20-11-14/h1-7,11,13H,8-10,12H2. The Hall–Kier alpha value is -3.09. The highest BCUT2D eigenvalue weighted by atomic mass is 16.2. The highest BCUT2D eigenvalue weighted by Crippen LogP contribution is 2.61. The van der Waals surface area contributed by atoms with E-state index in [-0.39, 0.29) is 12.1 Å². The lowest BCUT2D eigenvalue weighted by Gasteiger charge is -2.62. The summed E-state index contributed by atoms with van der Waals surface area (Å²) in [6.45, 7) is 0.227. The lowest BCUT2D eigenvalue weighted by Crippen LogP contribution is -2.64. The van der Waals surface area contributed by atoms with Crippen LogP contribution in [0.2, 0.25) is 0 Å². The van der Waals surface area contributed by atoms with E-state index in [0.29, 0.717) is 11.4 Å². The average Bonchev–Trinajstić information content (AvgIpc) is 2.60. The van der Waals surface area contributed by atoms with Crippen LogP contribution in [-0.4, -0.2) is 24.3 Å². The molecule has 0 aliphatic heterocycles. The number of aromatic nitrogens is 5. The summed E-state index contributed by atoms with van der Waals surface area (Å²) in [5.41, 5.74) is 1.20. The molecular formula is C19H17N5O2. The second kappa shape index (κ2) is 5.45. The molecule has 3 aromatic heterocycles. The fourth-order valence-corrected chi connectivity index (χ4v) is 4.02. The maximum Gasteiger partial charge on any atom is 0.316 e. The van der Waals surface area contributed by atoms with Crippen LogP contribution < -0.4 is 11.1 Å². The Bertz CT molecular complexity index is 1070. The van der Waals surface area contributed by atoms with Gasteiger partial charge in [0.05, 0.1) is 17.9 Å². The quantitative estimate of drug-likeness (QED) is 0.667. The lowest BCUT2D eigenvalue weighted by molar-refractivity contribution is -0.0919. The zero-order valence-electron chi connectivity index (χ0n) is 14.1. The van der Waals surface area contributed by atoms with Crippen molar-refractivity contribution in [2.24, 2.45) is 5.92 Å². The first kappa shape index (κ1) is 15.2. The number of pyridine rings is 1. The number of hydrogen-bond acceptors (Lipinski definition) is 5. The molecule has 3 aromatic rings. The third kappa shape index (κ3) is 2.23. The molecule has 0 radical (unpaired) electrons. The van der Waals surface area contributed by atoms with Gasteiger partial charge in [0, 0.05) is 35.9 Å². The molecule has 0 amide bonds. The Morgan fingerprint density at radius 3 is 2.50 bits per heavy atom. The van der Waals surface area contributed by atoms with Gasteiger partial charge in [-0.25, -0.2) is 0 Å². The summed E-state index contributed by atoms with van der Waals surface area (Å²) in [5.74, 6) is 0.748. The molecule has 3 aliphatic rings. The van der Waals surface area contributed by atoms with Crippen molar-refractivity contribution in [2.75, 3.05) is 0 Å². The molecule has 130 valence electrons. The van der Waals surface area contributed by atoms with E-state index < -0.39 is 11.1 Å². The van der Waals surface area contributed by atoms with Crippen LogP contribution in [0.25, 0.3) is 11.3 Å². The van der Waals surface area contributed by atoms with Crippen LogP contribution >= 0.6 is 0 Å². The van der Waals surface area contributed by atoms with Crippen molar-refractivity contribution in [1.82, 2.24) is 24.3 Å². The Kier molecular flexibility index (Phi) is 3.19. The average molecular weight is 347 g/mol. The van der Waals surface area contributed by atoms with Gasteiger partial charge < -0.3 is 9.13 Å². The molecule has 0 saturated heterocycles. The zero-order valence-corrected chi connectivity index (χ0v) is 14.1. The van der Waals surface area contributed by atoms with Gasteiger partial charge in [0.1, 0.15) is 0 Å². The first-order valence-electron chi connectivity index (χ1n) is 8.70. The molecule has 7 heteroatoms. The summed E-state index contributed by atoms with van der Waals surface area (Å²) < 4.78 is 3.04. The number of rotatable bonds is 4. The minimum Gasteiger partial charge on any atom is -0.303 e. The largest absolute Gasteiger partial charge is 0.316 e. The van der Waals surface area contributed by atoms with Crippen molar-refractivity contribution < 1.29 is 0 Å². The molecule has 7 nitrogen and oxygen atoms in total. The third-order valence-electron chi connectivity index (χ3n) is 5.58. The Morgan fingerprint density at radius 2 is 1.88 bits per heavy atom. The molecule has 3 saturated carbocycles. The summed E-state index contributed by atoms with van der Waals surface area (Å²) in [4.78, 5) is 29.0. The Morgan fingerprint density at radius 1 is 1.04 bits per heavy atom. The van der Waals surface area contributed by atoms with Gasteiger partial charge in [-0.05, 0) is 49.4 Å². The Balaban J connectivity index is 1.40. The molecule has 2 bridgehead atoms. The molecule has 0 unspecified atom stereocenters. The van der Waals surface area contributed by atoms with Crippen molar-refractivity contribution in [2.45, 2.75) is 31.3 Å². The number of nitrogens with zero attached hydrogens (tertiary/aromatic N) is 5. The van der Waals surface area contributed by atoms with Gasteiger partial charge in [-0.3, -0.25) is 14.6 Å². The van der Waals surface area contributed by atoms with E-state index in [2.05, 4.69) is 15.2 Å². The van der Waals surface area contributed by atoms with Crippen molar-refractivity contribution in [3.63, 3.8) is 0 Å². The molecule has 0 spiro atoms. The van der Waals surface area contributed by atoms with Crippen LogP contribution in [-0.2, 0) is 12.1 Å². The predicted molar refractivity (Wildman–Crippen MR) is 94.6 cm³/mol. The van der Waals surface area contributed by atoms with Gasteiger partial charge in [-0.2, -0.15) is 10.2 Å². The highest BCUT2D eigenvalue weighted by molar-refractivity contribution is 5.56. The van der Waals surface area contributed by atoms with Crippen LogP contribution in [0.5, 0.6) is 0 Å². The molecule has 3 aliphatic carbocycles. The molecule has 26 heavy (non-hydrogen) atoms. The lowest BCUT2D eigenvalue weighted by atomic mass is 9.49. The second-order valence-electron chi connectivity index (χ2n) is 7.26. The van der Waals surface area contributed by atoms with E-state index in [0.717, 1.165) is 30.7 Å². The van der Waals surface area contributed by atoms with Crippen molar-refractivity contribution in [1.29, 1.82) is 0 Å². The molecule has 6 rings (SSSR count). The summed E-state index contributed by atoms with van der Waals surface area (Å²) in [7, 11) is 0. The molecule has 3 heterocycles. The van der Waals surface area contributed by atoms with E-state index >= 15 is 0 Å². The van der Waals surface area contributed by atoms with Crippen LogP contribution in [0.15, 0.2) is 58.6 Å². The van der Waals surface area contributed by atoms with Gasteiger partial charge >= 0.3 is 11.1 Å². The molecule has 0 N–H and O–H groups in total. The van der Waals surface area contributed by atoms with Gasteiger partial charge in [0.2, 0.25) is 0 Å². The van der Waals surface area contributed by atoms with E-state index in [1.54, 1.807) is 29.4 Å². The van der Waals surface area contributed by atoms with Gasteiger partial charge in [0.15, 0.2) is 0 Å².